The smallest absolute Gasteiger partial charge is 0.311 e. The largest absolute Gasteiger partial charge is 0.487 e. The van der Waals surface area contributed by atoms with Crippen molar-refractivity contribution in [3.8, 4) is 17.1 Å². The minimum absolute atomic E-state index is 0.130. The van der Waals surface area contributed by atoms with E-state index in [2.05, 4.69) is 10.1 Å². The number of nitro benzene ring substituents is 1. The highest BCUT2D eigenvalue weighted by atomic mass is 16.6. The monoisotopic (exact) mass is 278 g/mol. The predicted octanol–water partition coefficient (Wildman–Crippen LogP) is 1.54. The SMILES string of the molecule is CCOc1ccc(-c2noc(CCN)n2)cc1[N+](=O)[O-]. The van der Waals surface area contributed by atoms with E-state index in [0.29, 0.717) is 36.9 Å². The summed E-state index contributed by atoms with van der Waals surface area (Å²) in [6, 6.07) is 4.53. The fourth-order valence-corrected chi connectivity index (χ4v) is 1.67. The molecule has 1 heterocycles. The molecule has 0 aliphatic heterocycles. The van der Waals surface area contributed by atoms with Gasteiger partial charge in [0.1, 0.15) is 0 Å². The summed E-state index contributed by atoms with van der Waals surface area (Å²) >= 11 is 0. The van der Waals surface area contributed by atoms with E-state index in [1.54, 1.807) is 13.0 Å². The predicted molar refractivity (Wildman–Crippen MR) is 70.3 cm³/mol. The molecule has 0 saturated heterocycles. The average molecular weight is 278 g/mol. The Morgan fingerprint density at radius 1 is 1.50 bits per heavy atom. The molecule has 8 heteroatoms. The van der Waals surface area contributed by atoms with Crippen molar-refractivity contribution >= 4 is 5.69 Å². The summed E-state index contributed by atoms with van der Waals surface area (Å²) < 4.78 is 10.2. The topological polar surface area (TPSA) is 117 Å². The second-order valence-corrected chi connectivity index (χ2v) is 3.92. The van der Waals surface area contributed by atoms with Crippen LogP contribution < -0.4 is 10.5 Å². The highest BCUT2D eigenvalue weighted by Gasteiger charge is 2.18. The Morgan fingerprint density at radius 2 is 2.30 bits per heavy atom. The highest BCUT2D eigenvalue weighted by molar-refractivity contribution is 5.63. The number of benzene rings is 1. The lowest BCUT2D eigenvalue weighted by molar-refractivity contribution is -0.385. The summed E-state index contributed by atoms with van der Waals surface area (Å²) in [5, 5.41) is 14.8. The third-order valence-electron chi connectivity index (χ3n) is 2.54. The van der Waals surface area contributed by atoms with Crippen LogP contribution in [0, 0.1) is 10.1 Å². The van der Waals surface area contributed by atoms with Gasteiger partial charge in [-0.25, -0.2) is 0 Å². The normalized spacial score (nSPS) is 10.5. The number of rotatable bonds is 6. The molecule has 1 aromatic carbocycles. The van der Waals surface area contributed by atoms with Crippen LogP contribution in [-0.4, -0.2) is 28.2 Å². The van der Waals surface area contributed by atoms with Crippen LogP contribution in [0.5, 0.6) is 5.75 Å². The number of nitrogens with zero attached hydrogens (tertiary/aromatic N) is 3. The lowest BCUT2D eigenvalue weighted by Crippen LogP contribution is -2.02. The Kier molecular flexibility index (Phi) is 4.26. The Bertz CT molecular complexity index is 611. The molecule has 1 aromatic heterocycles. The van der Waals surface area contributed by atoms with Gasteiger partial charge < -0.3 is 15.0 Å². The number of nitrogens with two attached hydrogens (primary N) is 1. The van der Waals surface area contributed by atoms with Crippen molar-refractivity contribution in [2.45, 2.75) is 13.3 Å². The summed E-state index contributed by atoms with van der Waals surface area (Å²) in [5.74, 6) is 0.908. The van der Waals surface area contributed by atoms with Crippen molar-refractivity contribution in [2.24, 2.45) is 5.73 Å². The quantitative estimate of drug-likeness (QED) is 0.629. The van der Waals surface area contributed by atoms with E-state index in [1.165, 1.54) is 12.1 Å². The zero-order valence-electron chi connectivity index (χ0n) is 10.9. The molecular formula is C12H14N4O4. The molecule has 0 amide bonds. The molecule has 0 unspecified atom stereocenters. The Labute approximate surface area is 114 Å². The third kappa shape index (κ3) is 2.91. The summed E-state index contributed by atoms with van der Waals surface area (Å²) in [6.45, 7) is 2.50. The van der Waals surface area contributed by atoms with Crippen LogP contribution in [0.25, 0.3) is 11.4 Å². The van der Waals surface area contributed by atoms with Gasteiger partial charge in [0.05, 0.1) is 11.5 Å². The lowest BCUT2D eigenvalue weighted by atomic mass is 10.2. The summed E-state index contributed by atoms with van der Waals surface area (Å²) in [4.78, 5) is 14.7. The average Bonchev–Trinajstić information content (AvgIpc) is 2.88. The van der Waals surface area contributed by atoms with Crippen LogP contribution in [-0.2, 0) is 6.42 Å². The zero-order chi connectivity index (χ0) is 14.5. The first-order valence-corrected chi connectivity index (χ1v) is 6.10. The standard InChI is InChI=1S/C12H14N4O4/c1-2-19-10-4-3-8(7-9(10)16(17)18)12-14-11(5-6-13)20-15-12/h3-4,7H,2,5-6,13H2,1H3. The molecule has 8 nitrogen and oxygen atoms in total. The van der Waals surface area contributed by atoms with Gasteiger partial charge in [-0.05, 0) is 19.1 Å². The number of ether oxygens (including phenoxy) is 1. The van der Waals surface area contributed by atoms with Crippen molar-refractivity contribution in [3.05, 3.63) is 34.2 Å². The van der Waals surface area contributed by atoms with Crippen molar-refractivity contribution in [1.29, 1.82) is 0 Å². The molecule has 2 N–H and O–H groups in total. The highest BCUT2D eigenvalue weighted by Crippen LogP contribution is 2.31. The minimum atomic E-state index is -0.505. The number of aromatic nitrogens is 2. The van der Waals surface area contributed by atoms with E-state index >= 15 is 0 Å². The van der Waals surface area contributed by atoms with Gasteiger partial charge in [-0.2, -0.15) is 4.98 Å². The van der Waals surface area contributed by atoms with Crippen LogP contribution in [0.3, 0.4) is 0 Å². The van der Waals surface area contributed by atoms with Crippen molar-refractivity contribution in [1.82, 2.24) is 10.1 Å². The van der Waals surface area contributed by atoms with E-state index in [-0.39, 0.29) is 11.4 Å². The van der Waals surface area contributed by atoms with Crippen molar-refractivity contribution in [3.63, 3.8) is 0 Å². The van der Waals surface area contributed by atoms with Gasteiger partial charge in [0, 0.05) is 24.6 Å². The van der Waals surface area contributed by atoms with Gasteiger partial charge in [0.25, 0.3) is 0 Å². The van der Waals surface area contributed by atoms with Gasteiger partial charge in [-0.15, -0.1) is 0 Å². The van der Waals surface area contributed by atoms with Gasteiger partial charge in [-0.1, -0.05) is 5.16 Å². The van der Waals surface area contributed by atoms with E-state index in [4.69, 9.17) is 15.0 Å². The molecule has 0 spiro atoms. The van der Waals surface area contributed by atoms with Crippen LogP contribution in [0.1, 0.15) is 12.8 Å². The number of hydrogen-bond acceptors (Lipinski definition) is 7. The Morgan fingerprint density at radius 3 is 2.95 bits per heavy atom. The molecule has 0 bridgehead atoms. The molecule has 0 aliphatic carbocycles. The van der Waals surface area contributed by atoms with Crippen LogP contribution in [0.4, 0.5) is 5.69 Å². The maximum atomic E-state index is 11.0. The van der Waals surface area contributed by atoms with Crippen molar-refractivity contribution in [2.75, 3.05) is 13.2 Å². The van der Waals surface area contributed by atoms with E-state index < -0.39 is 4.92 Å². The second kappa shape index (κ2) is 6.11. The molecule has 0 radical (unpaired) electrons. The zero-order valence-corrected chi connectivity index (χ0v) is 10.9. The Balaban J connectivity index is 2.36. The van der Waals surface area contributed by atoms with E-state index in [0.717, 1.165) is 0 Å². The summed E-state index contributed by atoms with van der Waals surface area (Å²) in [5.41, 5.74) is 5.75. The first-order chi connectivity index (χ1) is 9.65. The van der Waals surface area contributed by atoms with Gasteiger partial charge >= 0.3 is 5.69 Å². The molecule has 0 atom stereocenters. The van der Waals surface area contributed by atoms with E-state index in [1.807, 2.05) is 0 Å². The van der Waals surface area contributed by atoms with Gasteiger partial charge in [0.15, 0.2) is 5.75 Å². The molecule has 20 heavy (non-hydrogen) atoms. The van der Waals surface area contributed by atoms with Gasteiger partial charge in [0.2, 0.25) is 11.7 Å². The van der Waals surface area contributed by atoms with Crippen molar-refractivity contribution < 1.29 is 14.2 Å². The molecule has 2 aromatic rings. The third-order valence-corrected chi connectivity index (χ3v) is 2.54. The summed E-state index contributed by atoms with van der Waals surface area (Å²) in [6.07, 6.45) is 0.464. The summed E-state index contributed by atoms with van der Waals surface area (Å²) in [7, 11) is 0. The minimum Gasteiger partial charge on any atom is -0.487 e. The second-order valence-electron chi connectivity index (χ2n) is 3.92. The molecule has 0 saturated carbocycles. The molecule has 0 aliphatic rings. The maximum Gasteiger partial charge on any atom is 0.311 e. The first kappa shape index (κ1) is 13.9. The number of hydrogen-bond donors (Lipinski definition) is 1. The van der Waals surface area contributed by atoms with Crippen LogP contribution in [0.15, 0.2) is 22.7 Å². The molecule has 106 valence electrons. The van der Waals surface area contributed by atoms with Crippen LogP contribution in [0.2, 0.25) is 0 Å². The fourth-order valence-electron chi connectivity index (χ4n) is 1.67. The van der Waals surface area contributed by atoms with E-state index in [9.17, 15) is 10.1 Å². The molecular weight excluding hydrogens is 264 g/mol. The molecule has 0 fully saturated rings. The fraction of sp³-hybridized carbons (Fsp3) is 0.333. The Hall–Kier alpha value is -2.48. The first-order valence-electron chi connectivity index (χ1n) is 6.10. The maximum absolute atomic E-state index is 11.0. The van der Waals surface area contributed by atoms with Gasteiger partial charge in [-0.3, -0.25) is 10.1 Å². The van der Waals surface area contributed by atoms with Crippen LogP contribution >= 0.6 is 0 Å². The number of nitro groups is 1. The lowest BCUT2D eigenvalue weighted by Gasteiger charge is -2.04. The molecule has 2 rings (SSSR count).